The molecule has 0 spiro atoms. The van der Waals surface area contributed by atoms with E-state index < -0.39 is 0 Å². The van der Waals surface area contributed by atoms with E-state index in [0.29, 0.717) is 58.1 Å². The number of halogens is 1. The molecule has 0 aliphatic heterocycles. The van der Waals surface area contributed by atoms with Crippen LogP contribution in [0.5, 0.6) is 0 Å². The average Bonchev–Trinajstić information content (AvgIpc) is 3.69. The number of thiophene rings is 1. The number of para-hydroxylation sites is 1. The average molecular weight is 632 g/mol. The van der Waals surface area contributed by atoms with Gasteiger partial charge in [0.15, 0.2) is 11.6 Å². The van der Waals surface area contributed by atoms with Crippen LogP contribution in [0.3, 0.4) is 0 Å². The van der Waals surface area contributed by atoms with Crippen molar-refractivity contribution in [2.75, 3.05) is 6.61 Å². The van der Waals surface area contributed by atoms with Crippen molar-refractivity contribution in [2.45, 2.75) is 60.0 Å². The molecule has 0 saturated carbocycles. The maximum absolute atomic E-state index is 13.8. The number of carbonyl (C=O) groups is 3. The standard InChI is InChI=1S/C33H34ClN5O4S/c1-5-22-18-25(31(41)24-13-7-9-14-26(24)34)33(44-22)39-21(4)36-37-28(39)19-35-32(42)30-20(3)23-12-8-10-15-27(23)38(30)17-11-16-29(40)43-6-2/h7-10,12-15,18H,5-6,11,16-17,19H2,1-4H3,(H,35,42). The van der Waals surface area contributed by atoms with Crippen LogP contribution in [0, 0.1) is 13.8 Å². The van der Waals surface area contributed by atoms with Gasteiger partial charge in [-0.2, -0.15) is 0 Å². The van der Waals surface area contributed by atoms with Crippen LogP contribution in [0.1, 0.15) is 75.2 Å². The van der Waals surface area contributed by atoms with Gasteiger partial charge in [-0.3, -0.25) is 19.0 Å². The summed E-state index contributed by atoms with van der Waals surface area (Å²) in [5, 5.41) is 13.7. The number of hydrogen-bond acceptors (Lipinski definition) is 7. The number of nitrogens with zero attached hydrogens (tertiary/aromatic N) is 4. The normalized spacial score (nSPS) is 11.2. The first kappa shape index (κ1) is 31.2. The van der Waals surface area contributed by atoms with Crippen molar-refractivity contribution in [3.63, 3.8) is 0 Å². The van der Waals surface area contributed by atoms with Crippen LogP contribution in [0.2, 0.25) is 5.02 Å². The zero-order valence-corrected chi connectivity index (χ0v) is 26.7. The van der Waals surface area contributed by atoms with E-state index in [4.69, 9.17) is 16.3 Å². The highest BCUT2D eigenvalue weighted by molar-refractivity contribution is 7.15. The third kappa shape index (κ3) is 6.18. The van der Waals surface area contributed by atoms with Crippen molar-refractivity contribution < 1.29 is 19.1 Å². The van der Waals surface area contributed by atoms with Crippen molar-refractivity contribution in [3.05, 3.63) is 98.5 Å². The molecule has 0 aliphatic carbocycles. The largest absolute Gasteiger partial charge is 0.466 e. The molecule has 5 rings (SSSR count). The van der Waals surface area contributed by atoms with Crippen LogP contribution >= 0.6 is 22.9 Å². The Hall–Kier alpha value is -4.28. The van der Waals surface area contributed by atoms with Gasteiger partial charge in [0.05, 0.1) is 23.7 Å². The number of ketones is 1. The predicted molar refractivity (Wildman–Crippen MR) is 172 cm³/mol. The molecule has 9 nitrogen and oxygen atoms in total. The lowest BCUT2D eigenvalue weighted by Gasteiger charge is -2.13. The Morgan fingerprint density at radius 2 is 1.75 bits per heavy atom. The van der Waals surface area contributed by atoms with Gasteiger partial charge in [0.2, 0.25) is 0 Å². The number of hydrogen-bond donors (Lipinski definition) is 1. The smallest absolute Gasteiger partial charge is 0.305 e. The first-order valence-corrected chi connectivity index (χ1v) is 15.8. The summed E-state index contributed by atoms with van der Waals surface area (Å²) in [7, 11) is 0. The van der Waals surface area contributed by atoms with Crippen LogP contribution in [0.4, 0.5) is 0 Å². The Morgan fingerprint density at radius 1 is 1.00 bits per heavy atom. The van der Waals surface area contributed by atoms with E-state index in [1.807, 2.05) is 60.2 Å². The summed E-state index contributed by atoms with van der Waals surface area (Å²) >= 11 is 7.88. The molecule has 2 aromatic carbocycles. The number of esters is 1. The van der Waals surface area contributed by atoms with Gasteiger partial charge in [0.1, 0.15) is 16.5 Å². The molecule has 0 aliphatic rings. The highest BCUT2D eigenvalue weighted by atomic mass is 35.5. The Morgan fingerprint density at radius 3 is 2.50 bits per heavy atom. The monoisotopic (exact) mass is 631 g/mol. The molecule has 0 saturated heterocycles. The fourth-order valence-electron chi connectivity index (χ4n) is 5.37. The molecule has 0 unspecified atom stereocenters. The number of benzene rings is 2. The molecule has 0 bridgehead atoms. The van der Waals surface area contributed by atoms with Gasteiger partial charge in [0, 0.05) is 34.3 Å². The Kier molecular flexibility index (Phi) is 9.61. The second-order valence-corrected chi connectivity index (χ2v) is 11.8. The van der Waals surface area contributed by atoms with Crippen molar-refractivity contribution in [1.82, 2.24) is 24.6 Å². The van der Waals surface area contributed by atoms with Gasteiger partial charge in [-0.15, -0.1) is 21.5 Å². The minimum atomic E-state index is -0.269. The van der Waals surface area contributed by atoms with Crippen LogP contribution < -0.4 is 5.32 Å². The molecule has 5 aromatic rings. The predicted octanol–water partition coefficient (Wildman–Crippen LogP) is 6.62. The molecule has 0 radical (unpaired) electrons. The third-order valence-electron chi connectivity index (χ3n) is 7.48. The van der Waals surface area contributed by atoms with Gasteiger partial charge in [-0.1, -0.05) is 48.9 Å². The van der Waals surface area contributed by atoms with Gasteiger partial charge >= 0.3 is 5.97 Å². The van der Waals surface area contributed by atoms with E-state index in [2.05, 4.69) is 15.5 Å². The first-order valence-electron chi connectivity index (χ1n) is 14.6. The second-order valence-electron chi connectivity index (χ2n) is 10.3. The molecule has 3 heterocycles. The maximum atomic E-state index is 13.8. The third-order valence-corrected chi connectivity index (χ3v) is 9.08. The Labute approximate surface area is 264 Å². The summed E-state index contributed by atoms with van der Waals surface area (Å²) in [6.45, 7) is 8.46. The topological polar surface area (TPSA) is 108 Å². The van der Waals surface area contributed by atoms with E-state index in [1.54, 1.807) is 31.2 Å². The summed E-state index contributed by atoms with van der Waals surface area (Å²) in [5.74, 6) is 0.378. The maximum Gasteiger partial charge on any atom is 0.305 e. The van der Waals surface area contributed by atoms with Crippen molar-refractivity contribution in [3.8, 4) is 5.00 Å². The second kappa shape index (κ2) is 13.6. The van der Waals surface area contributed by atoms with Crippen molar-refractivity contribution >= 4 is 51.5 Å². The van der Waals surface area contributed by atoms with Gasteiger partial charge in [0.25, 0.3) is 5.91 Å². The fraction of sp³-hybridized carbons (Fsp3) is 0.303. The van der Waals surface area contributed by atoms with E-state index in [9.17, 15) is 14.4 Å². The number of ether oxygens (including phenoxy) is 1. The fourth-order valence-corrected chi connectivity index (χ4v) is 6.75. The SMILES string of the molecule is CCOC(=O)CCCn1c(C(=O)NCc2nnc(C)n2-c2sc(CC)cc2C(=O)c2ccccc2Cl)c(C)c2ccccc21. The molecular formula is C33H34ClN5O4S. The van der Waals surface area contributed by atoms with Gasteiger partial charge in [-0.25, -0.2) is 0 Å². The van der Waals surface area contributed by atoms with Crippen molar-refractivity contribution in [2.24, 2.45) is 0 Å². The van der Waals surface area contributed by atoms with Crippen LogP contribution in [0.15, 0.2) is 54.6 Å². The highest BCUT2D eigenvalue weighted by Gasteiger charge is 2.25. The minimum Gasteiger partial charge on any atom is -0.466 e. The number of aryl methyl sites for hydroxylation is 4. The summed E-state index contributed by atoms with van der Waals surface area (Å²) in [6, 6.07) is 16.7. The van der Waals surface area contributed by atoms with Crippen molar-refractivity contribution in [1.29, 1.82) is 0 Å². The Bertz CT molecular complexity index is 1850. The lowest BCUT2D eigenvalue weighted by atomic mass is 10.0. The molecule has 0 atom stereocenters. The lowest BCUT2D eigenvalue weighted by Crippen LogP contribution is -2.28. The number of fused-ring (bicyclic) bond motifs is 1. The summed E-state index contributed by atoms with van der Waals surface area (Å²) < 4.78 is 8.87. The molecule has 1 N–H and O–H groups in total. The molecule has 11 heteroatoms. The number of aromatic nitrogens is 4. The van der Waals surface area contributed by atoms with E-state index in [-0.39, 0.29) is 30.6 Å². The quantitative estimate of drug-likeness (QED) is 0.122. The number of rotatable bonds is 12. The number of carbonyl (C=O) groups excluding carboxylic acids is 3. The summed E-state index contributed by atoms with van der Waals surface area (Å²) in [5.41, 5.74) is 3.23. The Balaban J connectivity index is 1.44. The van der Waals surface area contributed by atoms with E-state index in [0.717, 1.165) is 27.8 Å². The number of nitrogens with one attached hydrogen (secondary N) is 1. The van der Waals surface area contributed by atoms with E-state index >= 15 is 0 Å². The summed E-state index contributed by atoms with van der Waals surface area (Å²) in [4.78, 5) is 40.5. The van der Waals surface area contributed by atoms with E-state index in [1.165, 1.54) is 11.3 Å². The summed E-state index contributed by atoms with van der Waals surface area (Å²) in [6.07, 6.45) is 1.55. The number of amides is 1. The molecular weight excluding hydrogens is 598 g/mol. The zero-order chi connectivity index (χ0) is 31.4. The minimum absolute atomic E-state index is 0.0859. The zero-order valence-electron chi connectivity index (χ0n) is 25.1. The molecule has 0 fully saturated rings. The molecule has 228 valence electrons. The van der Waals surface area contributed by atoms with Crippen LogP contribution in [0.25, 0.3) is 15.9 Å². The molecule has 1 amide bonds. The molecule has 44 heavy (non-hydrogen) atoms. The highest BCUT2D eigenvalue weighted by Crippen LogP contribution is 2.32. The molecule has 3 aromatic heterocycles. The van der Waals surface area contributed by atoms with Gasteiger partial charge < -0.3 is 14.6 Å². The van der Waals surface area contributed by atoms with Crippen LogP contribution in [-0.4, -0.2) is 43.6 Å². The lowest BCUT2D eigenvalue weighted by molar-refractivity contribution is -0.143. The first-order chi connectivity index (χ1) is 21.2. The van der Waals surface area contributed by atoms with Crippen LogP contribution in [-0.2, 0) is 29.0 Å². The van der Waals surface area contributed by atoms with Gasteiger partial charge in [-0.05, 0) is 63.4 Å².